The van der Waals surface area contributed by atoms with Crippen molar-refractivity contribution in [2.24, 2.45) is 0 Å². The van der Waals surface area contributed by atoms with Crippen molar-refractivity contribution in [1.82, 2.24) is 0 Å². The summed E-state index contributed by atoms with van der Waals surface area (Å²) >= 11 is 5.63. The summed E-state index contributed by atoms with van der Waals surface area (Å²) < 4.78 is 35.6. The Labute approximate surface area is 127 Å². The smallest absolute Gasteiger partial charge is 0.414 e. The summed E-state index contributed by atoms with van der Waals surface area (Å²) in [5, 5.41) is 21.1. The van der Waals surface area contributed by atoms with E-state index in [2.05, 4.69) is 14.8 Å². The summed E-state index contributed by atoms with van der Waals surface area (Å²) in [6.45, 7) is -1.16. The quantitative estimate of drug-likeness (QED) is 0.564. The van der Waals surface area contributed by atoms with E-state index in [0.717, 1.165) is 0 Å². The Morgan fingerprint density at radius 2 is 2.00 bits per heavy atom. The highest BCUT2D eigenvalue weighted by Gasteiger charge is 2.74. The molecular formula is C12H10ClF2NO6. The van der Waals surface area contributed by atoms with E-state index in [4.69, 9.17) is 16.7 Å². The second-order valence-corrected chi connectivity index (χ2v) is 4.81. The molecule has 1 saturated heterocycles. The average Bonchev–Trinajstić information content (AvgIpc) is 2.61. The first kappa shape index (κ1) is 16.4. The molecule has 22 heavy (non-hydrogen) atoms. The number of amides is 1. The van der Waals surface area contributed by atoms with Gasteiger partial charge in [-0.25, -0.2) is 9.59 Å². The first-order chi connectivity index (χ1) is 10.2. The number of esters is 1. The molecule has 1 fully saturated rings. The molecule has 1 amide bonds. The SMILES string of the molecule is O=C(Nc1ccc(Cl)cc1)O[C@@]1(O)[C@@H](CO)OC(=O)C1(F)F. The van der Waals surface area contributed by atoms with E-state index >= 15 is 0 Å². The molecule has 0 unspecified atom stereocenters. The summed E-state index contributed by atoms with van der Waals surface area (Å²) in [5.74, 6) is -10.2. The van der Waals surface area contributed by atoms with Gasteiger partial charge in [0, 0.05) is 10.7 Å². The van der Waals surface area contributed by atoms with Gasteiger partial charge in [-0.15, -0.1) is 0 Å². The van der Waals surface area contributed by atoms with Crippen LogP contribution in [0.25, 0.3) is 0 Å². The maximum atomic E-state index is 13.6. The third kappa shape index (κ3) is 2.70. The van der Waals surface area contributed by atoms with Crippen LogP contribution in [0, 0.1) is 0 Å². The molecule has 1 aliphatic heterocycles. The summed E-state index contributed by atoms with van der Waals surface area (Å²) in [7, 11) is 0. The highest BCUT2D eigenvalue weighted by molar-refractivity contribution is 6.30. The minimum absolute atomic E-state index is 0.145. The Morgan fingerprint density at radius 3 is 2.55 bits per heavy atom. The molecule has 1 aliphatic rings. The van der Waals surface area contributed by atoms with Crippen molar-refractivity contribution in [3.63, 3.8) is 0 Å². The van der Waals surface area contributed by atoms with Crippen LogP contribution in [0.2, 0.25) is 5.02 Å². The van der Waals surface area contributed by atoms with E-state index in [1.54, 1.807) is 0 Å². The number of ether oxygens (including phenoxy) is 2. The largest absolute Gasteiger partial charge is 0.448 e. The Hall–Kier alpha value is -1.97. The van der Waals surface area contributed by atoms with Gasteiger partial charge in [-0.1, -0.05) is 11.6 Å². The Balaban J connectivity index is 2.15. The molecule has 0 aliphatic carbocycles. The van der Waals surface area contributed by atoms with Crippen molar-refractivity contribution in [2.75, 3.05) is 11.9 Å². The Kier molecular flexibility index (Phi) is 4.23. The number of aliphatic hydroxyl groups excluding tert-OH is 1. The van der Waals surface area contributed by atoms with Crippen LogP contribution in [0.15, 0.2) is 24.3 Å². The van der Waals surface area contributed by atoms with Gasteiger partial charge in [-0.3, -0.25) is 5.32 Å². The van der Waals surface area contributed by atoms with Crippen LogP contribution in [0.5, 0.6) is 0 Å². The number of carbonyl (C=O) groups is 2. The van der Waals surface area contributed by atoms with Gasteiger partial charge < -0.3 is 19.7 Å². The highest BCUT2D eigenvalue weighted by Crippen LogP contribution is 2.41. The number of halogens is 3. The van der Waals surface area contributed by atoms with Crippen molar-refractivity contribution < 1.29 is 38.1 Å². The monoisotopic (exact) mass is 337 g/mol. The van der Waals surface area contributed by atoms with Gasteiger partial charge in [0.1, 0.15) is 0 Å². The lowest BCUT2D eigenvalue weighted by molar-refractivity contribution is -0.279. The molecule has 7 nitrogen and oxygen atoms in total. The molecule has 1 aromatic carbocycles. The number of nitrogens with one attached hydrogen (secondary N) is 1. The molecule has 3 N–H and O–H groups in total. The van der Waals surface area contributed by atoms with Gasteiger partial charge in [-0.05, 0) is 24.3 Å². The van der Waals surface area contributed by atoms with Crippen LogP contribution in [-0.4, -0.2) is 46.7 Å². The van der Waals surface area contributed by atoms with Gasteiger partial charge in [-0.2, -0.15) is 8.78 Å². The predicted molar refractivity (Wildman–Crippen MR) is 68.4 cm³/mol. The molecule has 2 rings (SSSR count). The number of alkyl halides is 2. The van der Waals surface area contributed by atoms with Crippen molar-refractivity contribution in [3.8, 4) is 0 Å². The number of carbonyl (C=O) groups excluding carboxylic acids is 2. The van der Waals surface area contributed by atoms with Crippen molar-refractivity contribution in [3.05, 3.63) is 29.3 Å². The van der Waals surface area contributed by atoms with Gasteiger partial charge in [0.25, 0.3) is 0 Å². The number of aliphatic hydroxyl groups is 2. The van der Waals surface area contributed by atoms with Crippen LogP contribution in [0.1, 0.15) is 0 Å². The Morgan fingerprint density at radius 1 is 1.41 bits per heavy atom. The molecule has 120 valence electrons. The van der Waals surface area contributed by atoms with Crippen molar-refractivity contribution >= 4 is 29.4 Å². The molecule has 0 radical (unpaired) electrons. The van der Waals surface area contributed by atoms with Crippen LogP contribution in [0.3, 0.4) is 0 Å². The maximum absolute atomic E-state index is 13.6. The minimum Gasteiger partial charge on any atom is -0.448 e. The van der Waals surface area contributed by atoms with Crippen LogP contribution in [-0.2, 0) is 14.3 Å². The van der Waals surface area contributed by atoms with Crippen molar-refractivity contribution in [1.29, 1.82) is 0 Å². The van der Waals surface area contributed by atoms with E-state index in [9.17, 15) is 23.5 Å². The van der Waals surface area contributed by atoms with Gasteiger partial charge in [0.2, 0.25) is 0 Å². The minimum atomic E-state index is -4.52. The van der Waals surface area contributed by atoms with E-state index in [-0.39, 0.29) is 5.69 Å². The fourth-order valence-corrected chi connectivity index (χ4v) is 1.87. The number of benzene rings is 1. The van der Waals surface area contributed by atoms with E-state index in [1.165, 1.54) is 24.3 Å². The summed E-state index contributed by atoms with van der Waals surface area (Å²) in [4.78, 5) is 22.6. The normalized spacial score (nSPS) is 26.4. The summed E-state index contributed by atoms with van der Waals surface area (Å²) in [6, 6.07) is 5.54. The average molecular weight is 338 g/mol. The number of rotatable bonds is 3. The first-order valence-electron chi connectivity index (χ1n) is 5.88. The zero-order valence-corrected chi connectivity index (χ0v) is 11.5. The zero-order valence-electron chi connectivity index (χ0n) is 10.8. The lowest BCUT2D eigenvalue weighted by atomic mass is 10.1. The second kappa shape index (κ2) is 5.67. The highest BCUT2D eigenvalue weighted by atomic mass is 35.5. The molecule has 0 spiro atoms. The molecule has 0 bridgehead atoms. The molecule has 2 atom stereocenters. The molecule has 10 heteroatoms. The van der Waals surface area contributed by atoms with E-state index < -0.39 is 36.5 Å². The predicted octanol–water partition coefficient (Wildman–Crippen LogP) is 1.13. The molecule has 1 aromatic rings. The number of anilines is 1. The summed E-state index contributed by atoms with van der Waals surface area (Å²) in [5.41, 5.74) is 0.145. The molecule has 0 saturated carbocycles. The Bertz CT molecular complexity index is 596. The second-order valence-electron chi connectivity index (χ2n) is 4.37. The number of hydrogen-bond acceptors (Lipinski definition) is 6. The van der Waals surface area contributed by atoms with Gasteiger partial charge in [0.15, 0.2) is 6.10 Å². The van der Waals surface area contributed by atoms with Crippen molar-refractivity contribution in [2.45, 2.75) is 17.8 Å². The van der Waals surface area contributed by atoms with Gasteiger partial charge >= 0.3 is 23.8 Å². The standard InChI is InChI=1S/C12H10ClF2NO6/c13-6-1-3-7(4-2-6)16-10(19)22-12(20)8(5-17)21-9(18)11(12,14)15/h1-4,8,17,20H,5H2,(H,16,19)/t8-,12+/m1/s1. The van der Waals surface area contributed by atoms with Gasteiger partial charge in [0.05, 0.1) is 6.61 Å². The first-order valence-corrected chi connectivity index (χ1v) is 6.26. The van der Waals surface area contributed by atoms with Crippen LogP contribution < -0.4 is 5.32 Å². The fraction of sp³-hybridized carbons (Fsp3) is 0.333. The molecular weight excluding hydrogens is 328 g/mol. The summed E-state index contributed by atoms with van der Waals surface area (Å²) in [6.07, 6.45) is -3.58. The maximum Gasteiger partial charge on any atom is 0.414 e. The third-order valence-electron chi connectivity index (χ3n) is 2.90. The molecule has 0 aromatic heterocycles. The lowest BCUT2D eigenvalue weighted by Gasteiger charge is -2.28. The van der Waals surface area contributed by atoms with E-state index in [1.807, 2.05) is 0 Å². The van der Waals surface area contributed by atoms with E-state index in [0.29, 0.717) is 5.02 Å². The van der Waals surface area contributed by atoms with Crippen LogP contribution in [0.4, 0.5) is 19.3 Å². The number of cyclic esters (lactones) is 1. The number of hydrogen-bond donors (Lipinski definition) is 3. The van der Waals surface area contributed by atoms with Crippen LogP contribution >= 0.6 is 11.6 Å². The topological polar surface area (TPSA) is 105 Å². The third-order valence-corrected chi connectivity index (χ3v) is 3.15. The fourth-order valence-electron chi connectivity index (χ4n) is 1.74. The molecule has 1 heterocycles. The zero-order chi connectivity index (χ0) is 16.5. The lowest BCUT2D eigenvalue weighted by Crippen LogP contribution is -2.57.